The van der Waals surface area contributed by atoms with Crippen LogP contribution in [-0.2, 0) is 0 Å². The second kappa shape index (κ2) is 6.14. The Kier molecular flexibility index (Phi) is 4.29. The van der Waals surface area contributed by atoms with Gasteiger partial charge in [0.1, 0.15) is 5.69 Å². The third-order valence-corrected chi connectivity index (χ3v) is 2.74. The van der Waals surface area contributed by atoms with Gasteiger partial charge >= 0.3 is 0 Å². The van der Waals surface area contributed by atoms with Gasteiger partial charge < -0.3 is 10.5 Å². The van der Waals surface area contributed by atoms with Crippen LogP contribution < -0.4 is 10.5 Å². The first-order valence-electron chi connectivity index (χ1n) is 6.26. The zero-order valence-corrected chi connectivity index (χ0v) is 11.0. The minimum absolute atomic E-state index is 0.0103. The first-order chi connectivity index (χ1) is 9.63. The maximum absolute atomic E-state index is 13.6. The average molecular weight is 278 g/mol. The number of carbonyl (C=O) groups is 1. The number of aromatic amines is 1. The van der Waals surface area contributed by atoms with E-state index in [2.05, 4.69) is 15.4 Å². The third-order valence-electron chi connectivity index (χ3n) is 2.74. The summed E-state index contributed by atoms with van der Waals surface area (Å²) in [6.07, 6.45) is 1.79. The molecular weight excluding hydrogens is 263 g/mol. The summed E-state index contributed by atoms with van der Waals surface area (Å²) in [5.74, 6) is -1.05. The number of ether oxygens (including phenoxy) is 1. The molecule has 7 heteroatoms. The van der Waals surface area contributed by atoms with Gasteiger partial charge in [-0.15, -0.1) is 0 Å². The number of amides is 1. The van der Waals surface area contributed by atoms with E-state index in [0.29, 0.717) is 12.2 Å². The van der Waals surface area contributed by atoms with Crippen LogP contribution >= 0.6 is 0 Å². The number of hydrogen-bond acceptors (Lipinski definition) is 4. The molecule has 106 valence electrons. The maximum atomic E-state index is 13.6. The highest BCUT2D eigenvalue weighted by Crippen LogP contribution is 2.26. The molecule has 20 heavy (non-hydrogen) atoms. The summed E-state index contributed by atoms with van der Waals surface area (Å²) < 4.78 is 19.0. The molecule has 1 heterocycles. The Balaban J connectivity index is 2.31. The van der Waals surface area contributed by atoms with Gasteiger partial charge in [0.05, 0.1) is 6.61 Å². The highest BCUT2D eigenvalue weighted by molar-refractivity contribution is 5.96. The predicted octanol–water partition coefficient (Wildman–Crippen LogP) is 1.89. The summed E-state index contributed by atoms with van der Waals surface area (Å²) in [6, 6.07) is 4.23. The Hall–Kier alpha value is -2.44. The number of primary amides is 1. The van der Waals surface area contributed by atoms with Crippen molar-refractivity contribution in [2.45, 2.75) is 19.8 Å². The molecule has 0 aliphatic carbocycles. The van der Waals surface area contributed by atoms with E-state index in [1.807, 2.05) is 6.92 Å². The number of rotatable bonds is 6. The quantitative estimate of drug-likeness (QED) is 0.789. The minimum atomic E-state index is -0.702. The van der Waals surface area contributed by atoms with Gasteiger partial charge in [-0.2, -0.15) is 15.4 Å². The van der Waals surface area contributed by atoms with Crippen LogP contribution in [0.1, 0.15) is 30.3 Å². The molecule has 0 radical (unpaired) electrons. The molecule has 0 bridgehead atoms. The molecule has 2 aromatic rings. The van der Waals surface area contributed by atoms with Gasteiger partial charge in [-0.3, -0.25) is 4.79 Å². The van der Waals surface area contributed by atoms with Gasteiger partial charge in [0.2, 0.25) is 0 Å². The molecule has 0 aliphatic rings. The first-order valence-corrected chi connectivity index (χ1v) is 6.26. The molecule has 0 aliphatic heterocycles. The van der Waals surface area contributed by atoms with E-state index in [0.717, 1.165) is 12.8 Å². The molecular formula is C13H15FN4O2. The molecule has 2 rings (SSSR count). The van der Waals surface area contributed by atoms with Crippen molar-refractivity contribution in [2.24, 2.45) is 5.73 Å². The lowest BCUT2D eigenvalue weighted by molar-refractivity contribution is 0.0996. The molecule has 0 unspecified atom stereocenters. The highest BCUT2D eigenvalue weighted by Gasteiger charge is 2.16. The molecule has 0 saturated heterocycles. The zero-order chi connectivity index (χ0) is 14.5. The van der Waals surface area contributed by atoms with Crippen molar-refractivity contribution in [3.05, 3.63) is 29.7 Å². The van der Waals surface area contributed by atoms with Crippen LogP contribution in [0, 0.1) is 5.82 Å². The Labute approximate surface area is 115 Å². The Morgan fingerprint density at radius 2 is 2.25 bits per heavy atom. The molecule has 0 saturated carbocycles. The second-order valence-electron chi connectivity index (χ2n) is 4.23. The van der Waals surface area contributed by atoms with Gasteiger partial charge in [0.25, 0.3) is 5.91 Å². The predicted molar refractivity (Wildman–Crippen MR) is 70.7 cm³/mol. The number of benzene rings is 1. The number of nitrogens with two attached hydrogens (primary N) is 1. The van der Waals surface area contributed by atoms with Gasteiger partial charge in [-0.05, 0) is 24.6 Å². The van der Waals surface area contributed by atoms with E-state index in [1.54, 1.807) is 0 Å². The zero-order valence-electron chi connectivity index (χ0n) is 11.0. The summed E-state index contributed by atoms with van der Waals surface area (Å²) >= 11 is 0. The number of H-pyrrole nitrogens is 1. The summed E-state index contributed by atoms with van der Waals surface area (Å²) in [5.41, 5.74) is 6.00. The minimum Gasteiger partial charge on any atom is -0.490 e. The molecule has 1 amide bonds. The van der Waals surface area contributed by atoms with Crippen LogP contribution in [0.15, 0.2) is 18.2 Å². The maximum Gasteiger partial charge on any atom is 0.271 e. The van der Waals surface area contributed by atoms with E-state index < -0.39 is 11.7 Å². The summed E-state index contributed by atoms with van der Waals surface area (Å²) in [7, 11) is 0. The van der Waals surface area contributed by atoms with Crippen molar-refractivity contribution in [3.8, 4) is 17.0 Å². The van der Waals surface area contributed by atoms with Crippen LogP contribution in [-0.4, -0.2) is 27.9 Å². The number of aromatic nitrogens is 3. The van der Waals surface area contributed by atoms with Crippen LogP contribution in [0.5, 0.6) is 5.75 Å². The fraction of sp³-hybridized carbons (Fsp3) is 0.308. The van der Waals surface area contributed by atoms with Crippen molar-refractivity contribution in [1.82, 2.24) is 15.4 Å². The Morgan fingerprint density at radius 3 is 2.95 bits per heavy atom. The molecule has 1 aromatic carbocycles. The van der Waals surface area contributed by atoms with E-state index in [4.69, 9.17) is 10.5 Å². The fourth-order valence-electron chi connectivity index (χ4n) is 1.69. The standard InChI is InChI=1S/C13H15FN4O2/c1-2-3-6-20-10-7-8(4-5-9(10)14)11-12(13(15)19)17-18-16-11/h4-5,7H,2-3,6H2,1H3,(H2,15,19)(H,16,17,18). The number of nitrogens with zero attached hydrogens (tertiary/aromatic N) is 2. The molecule has 6 nitrogen and oxygen atoms in total. The number of halogens is 1. The van der Waals surface area contributed by atoms with E-state index in [-0.39, 0.29) is 17.1 Å². The lowest BCUT2D eigenvalue weighted by atomic mass is 10.1. The van der Waals surface area contributed by atoms with E-state index in [1.165, 1.54) is 18.2 Å². The molecule has 0 spiro atoms. The lowest BCUT2D eigenvalue weighted by Crippen LogP contribution is -2.12. The third kappa shape index (κ3) is 2.93. The van der Waals surface area contributed by atoms with Crippen LogP contribution in [0.25, 0.3) is 11.3 Å². The van der Waals surface area contributed by atoms with Crippen molar-refractivity contribution >= 4 is 5.91 Å². The lowest BCUT2D eigenvalue weighted by Gasteiger charge is -2.08. The Morgan fingerprint density at radius 1 is 1.45 bits per heavy atom. The van der Waals surface area contributed by atoms with Crippen molar-refractivity contribution in [1.29, 1.82) is 0 Å². The van der Waals surface area contributed by atoms with Gasteiger partial charge in [0, 0.05) is 5.56 Å². The largest absolute Gasteiger partial charge is 0.490 e. The van der Waals surface area contributed by atoms with Crippen LogP contribution in [0.3, 0.4) is 0 Å². The average Bonchev–Trinajstić information content (AvgIpc) is 2.90. The van der Waals surface area contributed by atoms with E-state index in [9.17, 15) is 9.18 Å². The Bertz CT molecular complexity index is 612. The normalized spacial score (nSPS) is 10.5. The molecule has 1 aromatic heterocycles. The number of nitrogens with one attached hydrogen (secondary N) is 1. The SMILES string of the molecule is CCCCOc1cc(-c2n[nH]nc2C(N)=O)ccc1F. The second-order valence-corrected chi connectivity index (χ2v) is 4.23. The smallest absolute Gasteiger partial charge is 0.271 e. The first kappa shape index (κ1) is 14.0. The van der Waals surface area contributed by atoms with Crippen molar-refractivity contribution in [3.63, 3.8) is 0 Å². The van der Waals surface area contributed by atoms with E-state index >= 15 is 0 Å². The van der Waals surface area contributed by atoms with Crippen molar-refractivity contribution in [2.75, 3.05) is 6.61 Å². The van der Waals surface area contributed by atoms with Gasteiger partial charge in [0.15, 0.2) is 17.3 Å². The summed E-state index contributed by atoms with van der Waals surface area (Å²) in [5, 5.41) is 9.86. The van der Waals surface area contributed by atoms with Crippen molar-refractivity contribution < 1.29 is 13.9 Å². The topological polar surface area (TPSA) is 93.9 Å². The van der Waals surface area contributed by atoms with Gasteiger partial charge in [-0.25, -0.2) is 4.39 Å². The molecule has 0 atom stereocenters. The fourth-order valence-corrected chi connectivity index (χ4v) is 1.69. The monoisotopic (exact) mass is 278 g/mol. The van der Waals surface area contributed by atoms with Crippen LogP contribution in [0.4, 0.5) is 4.39 Å². The summed E-state index contributed by atoms with van der Waals surface area (Å²) in [6.45, 7) is 2.45. The van der Waals surface area contributed by atoms with Crippen LogP contribution in [0.2, 0.25) is 0 Å². The molecule has 0 fully saturated rings. The number of carbonyl (C=O) groups excluding carboxylic acids is 1. The number of unbranched alkanes of at least 4 members (excludes halogenated alkanes) is 1. The number of hydrogen-bond donors (Lipinski definition) is 2. The highest BCUT2D eigenvalue weighted by atomic mass is 19.1. The van der Waals surface area contributed by atoms with Gasteiger partial charge in [-0.1, -0.05) is 13.3 Å². The molecule has 3 N–H and O–H groups in total. The summed E-state index contributed by atoms with van der Waals surface area (Å²) in [4.78, 5) is 11.2.